The van der Waals surface area contributed by atoms with E-state index in [1.807, 2.05) is 6.07 Å². The predicted molar refractivity (Wildman–Crippen MR) is 63.6 cm³/mol. The zero-order valence-corrected chi connectivity index (χ0v) is 9.76. The average molecular weight is 205 g/mol. The van der Waals surface area contributed by atoms with Crippen molar-refractivity contribution in [3.05, 3.63) is 23.8 Å². The standard InChI is InChI=1S/C13H19NO/c1-4-13(2)8-7-10-5-6-11(15-3)9-12(10)14-13/h5-6,9,14H,4,7-8H2,1-3H3. The van der Waals surface area contributed by atoms with Crippen LogP contribution in [0.1, 0.15) is 32.3 Å². The Kier molecular flexibility index (Phi) is 2.59. The van der Waals surface area contributed by atoms with Gasteiger partial charge in [0.25, 0.3) is 0 Å². The van der Waals surface area contributed by atoms with Crippen molar-refractivity contribution in [2.24, 2.45) is 0 Å². The second kappa shape index (κ2) is 3.76. The highest BCUT2D eigenvalue weighted by Crippen LogP contribution is 2.34. The number of methoxy groups -OCH3 is 1. The molecule has 0 amide bonds. The van der Waals surface area contributed by atoms with Crippen LogP contribution in [-0.2, 0) is 6.42 Å². The molecular weight excluding hydrogens is 186 g/mol. The van der Waals surface area contributed by atoms with Crippen LogP contribution in [-0.4, -0.2) is 12.6 Å². The van der Waals surface area contributed by atoms with Crippen molar-refractivity contribution in [1.29, 1.82) is 0 Å². The molecule has 15 heavy (non-hydrogen) atoms. The van der Waals surface area contributed by atoms with E-state index in [9.17, 15) is 0 Å². The molecular formula is C13H19NO. The smallest absolute Gasteiger partial charge is 0.120 e. The van der Waals surface area contributed by atoms with Gasteiger partial charge in [0.15, 0.2) is 0 Å². The maximum Gasteiger partial charge on any atom is 0.120 e. The summed E-state index contributed by atoms with van der Waals surface area (Å²) in [6.45, 7) is 4.52. The molecule has 1 unspecified atom stereocenters. The van der Waals surface area contributed by atoms with Crippen molar-refractivity contribution in [2.75, 3.05) is 12.4 Å². The van der Waals surface area contributed by atoms with Gasteiger partial charge in [-0.15, -0.1) is 0 Å². The van der Waals surface area contributed by atoms with E-state index in [0.29, 0.717) is 0 Å². The lowest BCUT2D eigenvalue weighted by atomic mass is 9.86. The van der Waals surface area contributed by atoms with Gasteiger partial charge in [-0.2, -0.15) is 0 Å². The number of aryl methyl sites for hydroxylation is 1. The van der Waals surface area contributed by atoms with Crippen molar-refractivity contribution in [3.8, 4) is 5.75 Å². The fourth-order valence-electron chi connectivity index (χ4n) is 2.08. The van der Waals surface area contributed by atoms with Crippen LogP contribution in [0.4, 0.5) is 5.69 Å². The monoisotopic (exact) mass is 205 g/mol. The summed E-state index contributed by atoms with van der Waals surface area (Å²) in [4.78, 5) is 0. The van der Waals surface area contributed by atoms with Crippen LogP contribution in [0, 0.1) is 0 Å². The van der Waals surface area contributed by atoms with Gasteiger partial charge in [0.05, 0.1) is 7.11 Å². The van der Waals surface area contributed by atoms with E-state index in [0.717, 1.165) is 18.6 Å². The molecule has 2 nitrogen and oxygen atoms in total. The average Bonchev–Trinajstić information content (AvgIpc) is 2.28. The van der Waals surface area contributed by atoms with Gasteiger partial charge >= 0.3 is 0 Å². The molecule has 0 aliphatic carbocycles. The lowest BCUT2D eigenvalue weighted by Crippen LogP contribution is -2.37. The molecule has 0 fully saturated rings. The Bertz CT molecular complexity index is 362. The largest absolute Gasteiger partial charge is 0.497 e. The molecule has 1 N–H and O–H groups in total. The summed E-state index contributed by atoms with van der Waals surface area (Å²) in [5, 5.41) is 3.62. The number of anilines is 1. The number of benzene rings is 1. The number of nitrogens with one attached hydrogen (secondary N) is 1. The van der Waals surface area contributed by atoms with Crippen LogP contribution < -0.4 is 10.1 Å². The van der Waals surface area contributed by atoms with Crippen molar-refractivity contribution in [2.45, 2.75) is 38.6 Å². The van der Waals surface area contributed by atoms with E-state index >= 15 is 0 Å². The van der Waals surface area contributed by atoms with E-state index < -0.39 is 0 Å². The molecule has 82 valence electrons. The van der Waals surface area contributed by atoms with Gasteiger partial charge in [-0.3, -0.25) is 0 Å². The first-order valence-electron chi connectivity index (χ1n) is 5.62. The first kappa shape index (κ1) is 10.3. The lowest BCUT2D eigenvalue weighted by molar-refractivity contribution is 0.412. The lowest BCUT2D eigenvalue weighted by Gasteiger charge is -2.36. The highest BCUT2D eigenvalue weighted by molar-refractivity contribution is 5.58. The van der Waals surface area contributed by atoms with Gasteiger partial charge in [0.2, 0.25) is 0 Å². The molecule has 0 saturated heterocycles. The number of ether oxygens (including phenoxy) is 1. The molecule has 0 spiro atoms. The molecule has 2 rings (SSSR count). The molecule has 0 radical (unpaired) electrons. The molecule has 1 heterocycles. The van der Waals surface area contributed by atoms with Gasteiger partial charge in [-0.25, -0.2) is 0 Å². The van der Waals surface area contributed by atoms with Gasteiger partial charge < -0.3 is 10.1 Å². The van der Waals surface area contributed by atoms with Gasteiger partial charge in [0.1, 0.15) is 5.75 Å². The van der Waals surface area contributed by atoms with Crippen molar-refractivity contribution >= 4 is 5.69 Å². The van der Waals surface area contributed by atoms with Gasteiger partial charge in [-0.05, 0) is 37.8 Å². The van der Waals surface area contributed by atoms with E-state index in [1.54, 1.807) is 7.11 Å². The Labute approximate surface area is 91.6 Å². The summed E-state index contributed by atoms with van der Waals surface area (Å²) >= 11 is 0. The van der Waals surface area contributed by atoms with Crippen LogP contribution >= 0.6 is 0 Å². The maximum atomic E-state index is 5.24. The minimum Gasteiger partial charge on any atom is -0.497 e. The van der Waals surface area contributed by atoms with Crippen LogP contribution in [0.3, 0.4) is 0 Å². The quantitative estimate of drug-likeness (QED) is 0.800. The Morgan fingerprint density at radius 3 is 2.93 bits per heavy atom. The third-order valence-electron chi connectivity index (χ3n) is 3.48. The minimum absolute atomic E-state index is 0.249. The van der Waals surface area contributed by atoms with Gasteiger partial charge in [0, 0.05) is 17.3 Å². The van der Waals surface area contributed by atoms with Crippen LogP contribution in [0.2, 0.25) is 0 Å². The van der Waals surface area contributed by atoms with E-state index in [1.165, 1.54) is 17.7 Å². The normalized spacial score (nSPS) is 24.2. The molecule has 0 aromatic heterocycles. The summed E-state index contributed by atoms with van der Waals surface area (Å²) in [5.74, 6) is 0.932. The Morgan fingerprint density at radius 1 is 1.47 bits per heavy atom. The van der Waals surface area contributed by atoms with E-state index in [-0.39, 0.29) is 5.54 Å². The molecule has 2 heteroatoms. The number of hydrogen-bond donors (Lipinski definition) is 1. The highest BCUT2D eigenvalue weighted by Gasteiger charge is 2.27. The molecule has 1 aromatic carbocycles. The Hall–Kier alpha value is -1.18. The first-order chi connectivity index (χ1) is 7.17. The fraction of sp³-hybridized carbons (Fsp3) is 0.538. The van der Waals surface area contributed by atoms with Crippen molar-refractivity contribution in [3.63, 3.8) is 0 Å². The van der Waals surface area contributed by atoms with Crippen LogP contribution in [0.5, 0.6) is 5.75 Å². The highest BCUT2D eigenvalue weighted by atomic mass is 16.5. The van der Waals surface area contributed by atoms with Crippen molar-refractivity contribution in [1.82, 2.24) is 0 Å². The first-order valence-corrected chi connectivity index (χ1v) is 5.62. The second-order valence-electron chi connectivity index (χ2n) is 4.56. The van der Waals surface area contributed by atoms with Crippen molar-refractivity contribution < 1.29 is 4.74 Å². The predicted octanol–water partition coefficient (Wildman–Crippen LogP) is 3.22. The zero-order chi connectivity index (χ0) is 10.9. The fourth-order valence-corrected chi connectivity index (χ4v) is 2.08. The SMILES string of the molecule is CCC1(C)CCc2ccc(OC)cc2N1. The summed E-state index contributed by atoms with van der Waals surface area (Å²) in [5.41, 5.74) is 2.89. The van der Waals surface area contributed by atoms with Gasteiger partial charge in [-0.1, -0.05) is 13.0 Å². The summed E-state index contributed by atoms with van der Waals surface area (Å²) in [6, 6.07) is 6.30. The Morgan fingerprint density at radius 2 is 2.27 bits per heavy atom. The summed E-state index contributed by atoms with van der Waals surface area (Å²) in [6.07, 6.45) is 3.53. The zero-order valence-electron chi connectivity index (χ0n) is 9.76. The Balaban J connectivity index is 2.31. The second-order valence-corrected chi connectivity index (χ2v) is 4.56. The van der Waals surface area contributed by atoms with E-state index in [2.05, 4.69) is 31.3 Å². The van der Waals surface area contributed by atoms with Crippen LogP contribution in [0.15, 0.2) is 18.2 Å². The summed E-state index contributed by atoms with van der Waals surface area (Å²) < 4.78 is 5.24. The number of fused-ring (bicyclic) bond motifs is 1. The number of rotatable bonds is 2. The molecule has 0 bridgehead atoms. The molecule has 1 aromatic rings. The minimum atomic E-state index is 0.249. The summed E-state index contributed by atoms with van der Waals surface area (Å²) in [7, 11) is 1.71. The molecule has 0 saturated carbocycles. The molecule has 1 atom stereocenters. The van der Waals surface area contributed by atoms with E-state index in [4.69, 9.17) is 4.74 Å². The molecule has 1 aliphatic heterocycles. The topological polar surface area (TPSA) is 21.3 Å². The molecule has 1 aliphatic rings. The van der Waals surface area contributed by atoms with Crippen LogP contribution in [0.25, 0.3) is 0 Å². The third-order valence-corrected chi connectivity index (χ3v) is 3.48. The number of hydrogen-bond acceptors (Lipinski definition) is 2. The maximum absolute atomic E-state index is 5.24. The third kappa shape index (κ3) is 1.94.